The Morgan fingerprint density at radius 1 is 0.962 bits per heavy atom. The molecule has 26 heavy (non-hydrogen) atoms. The molecule has 0 saturated carbocycles. The van der Waals surface area contributed by atoms with E-state index in [0.29, 0.717) is 19.6 Å². The monoisotopic (exact) mass is 346 g/mol. The topological polar surface area (TPSA) is 42.4 Å². The number of carbonyl (C=O) groups excluding carboxylic acids is 1. The SMILES string of the molecule is CCOc1ccc(CC(=O)N(Cc2cccnc2)c2ccccc2)cc1. The average Bonchev–Trinajstić information content (AvgIpc) is 2.69. The molecule has 1 amide bonds. The Morgan fingerprint density at radius 3 is 2.38 bits per heavy atom. The van der Waals surface area contributed by atoms with Gasteiger partial charge in [-0.15, -0.1) is 0 Å². The summed E-state index contributed by atoms with van der Waals surface area (Å²) in [5.74, 6) is 0.864. The van der Waals surface area contributed by atoms with E-state index < -0.39 is 0 Å². The highest BCUT2D eigenvalue weighted by molar-refractivity contribution is 5.94. The maximum Gasteiger partial charge on any atom is 0.231 e. The minimum Gasteiger partial charge on any atom is -0.494 e. The standard InChI is InChI=1S/C22H22N2O2/c1-2-26-21-12-10-18(11-13-21)15-22(25)24(20-8-4-3-5-9-20)17-19-7-6-14-23-16-19/h3-14,16H,2,15,17H2,1H3. The largest absolute Gasteiger partial charge is 0.494 e. The maximum atomic E-state index is 13.0. The highest BCUT2D eigenvalue weighted by Gasteiger charge is 2.16. The van der Waals surface area contributed by atoms with Gasteiger partial charge in [0.05, 0.1) is 19.6 Å². The van der Waals surface area contributed by atoms with Crippen LogP contribution >= 0.6 is 0 Å². The third kappa shape index (κ3) is 4.70. The number of para-hydroxylation sites is 1. The van der Waals surface area contributed by atoms with Crippen LogP contribution in [-0.2, 0) is 17.8 Å². The van der Waals surface area contributed by atoms with Gasteiger partial charge < -0.3 is 9.64 Å². The van der Waals surface area contributed by atoms with Crippen LogP contribution in [0.1, 0.15) is 18.1 Å². The lowest BCUT2D eigenvalue weighted by molar-refractivity contribution is -0.118. The number of hydrogen-bond acceptors (Lipinski definition) is 3. The molecule has 1 aromatic heterocycles. The van der Waals surface area contributed by atoms with Gasteiger partial charge in [-0.25, -0.2) is 0 Å². The van der Waals surface area contributed by atoms with Crippen LogP contribution in [0.4, 0.5) is 5.69 Å². The van der Waals surface area contributed by atoms with Crippen molar-refractivity contribution in [3.05, 3.63) is 90.3 Å². The first-order chi connectivity index (χ1) is 12.8. The summed E-state index contributed by atoms with van der Waals surface area (Å²) in [6.45, 7) is 3.08. The van der Waals surface area contributed by atoms with Crippen molar-refractivity contribution < 1.29 is 9.53 Å². The van der Waals surface area contributed by atoms with Gasteiger partial charge in [0.2, 0.25) is 5.91 Å². The minimum absolute atomic E-state index is 0.0456. The zero-order valence-corrected chi connectivity index (χ0v) is 14.8. The zero-order valence-electron chi connectivity index (χ0n) is 14.8. The van der Waals surface area contributed by atoms with Crippen molar-refractivity contribution >= 4 is 11.6 Å². The summed E-state index contributed by atoms with van der Waals surface area (Å²) in [4.78, 5) is 19.0. The Labute approximate surface area is 154 Å². The Hall–Kier alpha value is -3.14. The van der Waals surface area contributed by atoms with Crippen molar-refractivity contribution in [2.75, 3.05) is 11.5 Å². The molecule has 2 aromatic carbocycles. The summed E-state index contributed by atoms with van der Waals surface area (Å²) in [5, 5.41) is 0. The first kappa shape index (κ1) is 17.7. The van der Waals surface area contributed by atoms with E-state index in [-0.39, 0.29) is 5.91 Å². The molecule has 0 aliphatic rings. The quantitative estimate of drug-likeness (QED) is 0.642. The highest BCUT2D eigenvalue weighted by Crippen LogP contribution is 2.19. The number of aromatic nitrogens is 1. The summed E-state index contributed by atoms with van der Waals surface area (Å²) in [6, 6.07) is 21.3. The number of carbonyl (C=O) groups is 1. The van der Waals surface area contributed by atoms with Crippen LogP contribution in [0.2, 0.25) is 0 Å². The lowest BCUT2D eigenvalue weighted by Gasteiger charge is -2.23. The molecule has 0 fully saturated rings. The van der Waals surface area contributed by atoms with Gasteiger partial charge in [0.15, 0.2) is 0 Å². The van der Waals surface area contributed by atoms with Crippen molar-refractivity contribution in [3.63, 3.8) is 0 Å². The Balaban J connectivity index is 1.78. The van der Waals surface area contributed by atoms with E-state index >= 15 is 0 Å². The van der Waals surface area contributed by atoms with Gasteiger partial charge in [-0.3, -0.25) is 9.78 Å². The molecule has 0 radical (unpaired) electrons. The Morgan fingerprint density at radius 2 is 1.73 bits per heavy atom. The second kappa shape index (κ2) is 8.81. The molecule has 3 rings (SSSR count). The fraction of sp³-hybridized carbons (Fsp3) is 0.182. The summed E-state index contributed by atoms with van der Waals surface area (Å²) in [7, 11) is 0. The molecule has 3 aromatic rings. The van der Waals surface area contributed by atoms with Crippen LogP contribution in [0.5, 0.6) is 5.75 Å². The van der Waals surface area contributed by atoms with E-state index in [9.17, 15) is 4.79 Å². The maximum absolute atomic E-state index is 13.0. The molecule has 1 heterocycles. The molecule has 0 saturated heterocycles. The van der Waals surface area contributed by atoms with E-state index in [0.717, 1.165) is 22.6 Å². The lowest BCUT2D eigenvalue weighted by atomic mass is 10.1. The molecular formula is C22H22N2O2. The summed E-state index contributed by atoms with van der Waals surface area (Å²) in [5.41, 5.74) is 2.84. The molecule has 132 valence electrons. The summed E-state index contributed by atoms with van der Waals surface area (Å²) in [6.07, 6.45) is 3.86. The van der Waals surface area contributed by atoms with Gasteiger partial charge in [-0.2, -0.15) is 0 Å². The van der Waals surface area contributed by atoms with Gasteiger partial charge in [0.1, 0.15) is 5.75 Å². The number of pyridine rings is 1. The second-order valence-corrected chi connectivity index (χ2v) is 5.93. The number of nitrogens with zero attached hydrogens (tertiary/aromatic N) is 2. The number of ether oxygens (including phenoxy) is 1. The van der Waals surface area contributed by atoms with E-state index in [1.54, 1.807) is 17.3 Å². The fourth-order valence-electron chi connectivity index (χ4n) is 2.75. The molecule has 0 atom stereocenters. The van der Waals surface area contributed by atoms with Gasteiger partial charge in [0.25, 0.3) is 0 Å². The molecule has 4 nitrogen and oxygen atoms in total. The molecule has 0 unspecified atom stereocenters. The molecule has 0 N–H and O–H groups in total. The zero-order chi connectivity index (χ0) is 18.2. The number of anilines is 1. The van der Waals surface area contributed by atoms with Gasteiger partial charge >= 0.3 is 0 Å². The fourth-order valence-corrected chi connectivity index (χ4v) is 2.75. The van der Waals surface area contributed by atoms with Crippen LogP contribution in [0.25, 0.3) is 0 Å². The molecule has 0 aliphatic carbocycles. The average molecular weight is 346 g/mol. The Kier molecular flexibility index (Phi) is 5.99. The number of hydrogen-bond donors (Lipinski definition) is 0. The summed E-state index contributed by atoms with van der Waals surface area (Å²) < 4.78 is 5.46. The van der Waals surface area contributed by atoms with E-state index in [4.69, 9.17) is 4.74 Å². The summed E-state index contributed by atoms with van der Waals surface area (Å²) >= 11 is 0. The Bertz CT molecular complexity index is 818. The first-order valence-corrected chi connectivity index (χ1v) is 8.72. The van der Waals surface area contributed by atoms with Crippen LogP contribution in [0, 0.1) is 0 Å². The van der Waals surface area contributed by atoms with Gasteiger partial charge in [-0.05, 0) is 48.4 Å². The van der Waals surface area contributed by atoms with Crippen molar-refractivity contribution in [1.29, 1.82) is 0 Å². The highest BCUT2D eigenvalue weighted by atomic mass is 16.5. The van der Waals surface area contributed by atoms with E-state index in [2.05, 4.69) is 4.98 Å². The van der Waals surface area contributed by atoms with Crippen molar-refractivity contribution in [3.8, 4) is 5.75 Å². The smallest absolute Gasteiger partial charge is 0.231 e. The first-order valence-electron chi connectivity index (χ1n) is 8.72. The van der Waals surface area contributed by atoms with Gasteiger partial charge in [0, 0.05) is 18.1 Å². The number of rotatable bonds is 7. The molecule has 0 bridgehead atoms. The van der Waals surface area contributed by atoms with Gasteiger partial charge in [-0.1, -0.05) is 36.4 Å². The number of amides is 1. The van der Waals surface area contributed by atoms with Crippen LogP contribution in [0.15, 0.2) is 79.1 Å². The van der Waals surface area contributed by atoms with Crippen LogP contribution in [-0.4, -0.2) is 17.5 Å². The third-order valence-corrected chi connectivity index (χ3v) is 4.02. The third-order valence-electron chi connectivity index (χ3n) is 4.02. The second-order valence-electron chi connectivity index (χ2n) is 5.93. The molecule has 0 spiro atoms. The minimum atomic E-state index is 0.0456. The van der Waals surface area contributed by atoms with Crippen LogP contribution in [0.3, 0.4) is 0 Å². The lowest BCUT2D eigenvalue weighted by Crippen LogP contribution is -2.31. The van der Waals surface area contributed by atoms with E-state index in [1.807, 2.05) is 73.7 Å². The molecule has 4 heteroatoms. The number of benzene rings is 2. The van der Waals surface area contributed by atoms with E-state index in [1.165, 1.54) is 0 Å². The predicted molar refractivity (Wildman–Crippen MR) is 103 cm³/mol. The molecule has 0 aliphatic heterocycles. The normalized spacial score (nSPS) is 10.3. The van der Waals surface area contributed by atoms with Crippen LogP contribution < -0.4 is 9.64 Å². The van der Waals surface area contributed by atoms with Crippen molar-refractivity contribution in [2.24, 2.45) is 0 Å². The molecular weight excluding hydrogens is 324 g/mol. The predicted octanol–water partition coefficient (Wildman–Crippen LogP) is 4.26. The van der Waals surface area contributed by atoms with Crippen molar-refractivity contribution in [2.45, 2.75) is 19.9 Å². The van der Waals surface area contributed by atoms with Crippen molar-refractivity contribution in [1.82, 2.24) is 4.98 Å².